The van der Waals surface area contributed by atoms with Crippen molar-refractivity contribution in [2.24, 2.45) is 5.92 Å². The normalized spacial score (nSPS) is 22.8. The Hall–Kier alpha value is -2.73. The predicted octanol–water partition coefficient (Wildman–Crippen LogP) is 4.29. The maximum absolute atomic E-state index is 12.7. The molecule has 164 valence electrons. The highest BCUT2D eigenvalue weighted by atomic mass is 16.7. The first-order valence-electron chi connectivity index (χ1n) is 11.4. The first kappa shape index (κ1) is 20.2. The number of carbonyl (C=O) groups is 1. The Morgan fingerprint density at radius 3 is 2.77 bits per heavy atom. The number of hydrogen-bond donors (Lipinski definition) is 1. The highest BCUT2D eigenvalue weighted by Crippen LogP contribution is 2.33. The van der Waals surface area contributed by atoms with Crippen LogP contribution >= 0.6 is 0 Å². The number of carbonyl (C=O) groups excluding carboxylic acids is 1. The first-order chi connectivity index (χ1) is 15.1. The maximum atomic E-state index is 12.7. The fourth-order valence-corrected chi connectivity index (χ4v) is 5.03. The summed E-state index contributed by atoms with van der Waals surface area (Å²) < 4.78 is 10.7. The quantitative estimate of drug-likeness (QED) is 0.781. The average Bonchev–Trinajstić information content (AvgIpc) is 3.51. The molecule has 3 aliphatic heterocycles. The fourth-order valence-electron chi connectivity index (χ4n) is 5.03. The van der Waals surface area contributed by atoms with Crippen LogP contribution in [0, 0.1) is 12.8 Å². The molecule has 0 saturated carbocycles. The van der Waals surface area contributed by atoms with Gasteiger partial charge in [-0.25, -0.2) is 0 Å². The second-order valence-corrected chi connectivity index (χ2v) is 9.11. The van der Waals surface area contributed by atoms with E-state index in [-0.39, 0.29) is 12.7 Å². The van der Waals surface area contributed by atoms with Gasteiger partial charge < -0.3 is 24.6 Å². The van der Waals surface area contributed by atoms with Crippen molar-refractivity contribution in [3.63, 3.8) is 0 Å². The Balaban J connectivity index is 1.21. The van der Waals surface area contributed by atoms with Gasteiger partial charge in [0.15, 0.2) is 11.5 Å². The number of benzene rings is 2. The summed E-state index contributed by atoms with van der Waals surface area (Å²) in [5.41, 5.74) is 3.72. The summed E-state index contributed by atoms with van der Waals surface area (Å²) in [5.74, 6) is 1.90. The molecule has 2 atom stereocenters. The standard InChI is InChI=1S/C25H31N3O3/c1-17-12-21(28-11-9-19(15-28)14-27-10-3-4-18(27)2)6-7-22(17)26-25(29)20-5-8-23-24(13-20)31-16-30-23/h5-8,12-13,18-19H,3-4,9-11,14-16H2,1-2H3,(H,26,29). The molecule has 0 aliphatic carbocycles. The van der Waals surface area contributed by atoms with Gasteiger partial charge >= 0.3 is 0 Å². The topological polar surface area (TPSA) is 54.0 Å². The van der Waals surface area contributed by atoms with Crippen molar-refractivity contribution in [2.45, 2.75) is 39.2 Å². The van der Waals surface area contributed by atoms with Crippen molar-refractivity contribution < 1.29 is 14.3 Å². The van der Waals surface area contributed by atoms with Crippen LogP contribution in [0.25, 0.3) is 0 Å². The van der Waals surface area contributed by atoms with E-state index in [1.54, 1.807) is 18.2 Å². The van der Waals surface area contributed by atoms with Crippen LogP contribution in [0.3, 0.4) is 0 Å². The van der Waals surface area contributed by atoms with Crippen LogP contribution in [0.1, 0.15) is 42.1 Å². The van der Waals surface area contributed by atoms with Crippen molar-refractivity contribution in [1.82, 2.24) is 4.90 Å². The van der Waals surface area contributed by atoms with Crippen molar-refractivity contribution in [2.75, 3.05) is 43.2 Å². The molecule has 31 heavy (non-hydrogen) atoms. The van der Waals surface area contributed by atoms with Gasteiger partial charge in [-0.3, -0.25) is 4.79 Å². The molecule has 3 heterocycles. The number of hydrogen-bond acceptors (Lipinski definition) is 5. The molecule has 6 nitrogen and oxygen atoms in total. The van der Waals surface area contributed by atoms with Gasteiger partial charge in [0.1, 0.15) is 0 Å². The number of ether oxygens (including phenoxy) is 2. The molecule has 2 aromatic carbocycles. The molecule has 2 aromatic rings. The molecule has 2 unspecified atom stereocenters. The second kappa shape index (κ2) is 8.42. The molecule has 5 rings (SSSR count). The molecule has 0 spiro atoms. The zero-order valence-electron chi connectivity index (χ0n) is 18.4. The van der Waals surface area contributed by atoms with Crippen LogP contribution in [0.5, 0.6) is 11.5 Å². The van der Waals surface area contributed by atoms with Gasteiger partial charge in [0.25, 0.3) is 5.91 Å². The molecular formula is C25H31N3O3. The highest BCUT2D eigenvalue weighted by Gasteiger charge is 2.28. The Morgan fingerprint density at radius 2 is 1.97 bits per heavy atom. The summed E-state index contributed by atoms with van der Waals surface area (Å²) in [7, 11) is 0. The van der Waals surface area contributed by atoms with E-state index >= 15 is 0 Å². The van der Waals surface area contributed by atoms with Crippen molar-refractivity contribution in [3.05, 3.63) is 47.5 Å². The minimum atomic E-state index is -0.143. The minimum absolute atomic E-state index is 0.143. The Labute approximate surface area is 184 Å². The summed E-state index contributed by atoms with van der Waals surface area (Å²) in [4.78, 5) is 17.9. The number of anilines is 2. The van der Waals surface area contributed by atoms with E-state index < -0.39 is 0 Å². The molecule has 2 fully saturated rings. The summed E-state index contributed by atoms with van der Waals surface area (Å²) in [6, 6.07) is 12.3. The molecule has 0 radical (unpaired) electrons. The molecular weight excluding hydrogens is 390 g/mol. The van der Waals surface area contributed by atoms with E-state index in [4.69, 9.17) is 9.47 Å². The van der Waals surface area contributed by atoms with E-state index in [9.17, 15) is 4.79 Å². The Bertz CT molecular complexity index is 976. The second-order valence-electron chi connectivity index (χ2n) is 9.11. The zero-order chi connectivity index (χ0) is 21.4. The van der Waals surface area contributed by atoms with E-state index in [0.29, 0.717) is 17.1 Å². The Kier molecular flexibility index (Phi) is 5.48. The van der Waals surface area contributed by atoms with Gasteiger partial charge in [-0.15, -0.1) is 0 Å². The van der Waals surface area contributed by atoms with Crippen LogP contribution in [-0.2, 0) is 0 Å². The molecule has 1 amide bonds. The van der Waals surface area contributed by atoms with Gasteiger partial charge in [0.05, 0.1) is 0 Å². The smallest absolute Gasteiger partial charge is 0.255 e. The van der Waals surface area contributed by atoms with Crippen LogP contribution in [0.15, 0.2) is 36.4 Å². The highest BCUT2D eigenvalue weighted by molar-refractivity contribution is 6.05. The van der Waals surface area contributed by atoms with E-state index in [1.807, 2.05) is 6.07 Å². The lowest BCUT2D eigenvalue weighted by Gasteiger charge is -2.25. The van der Waals surface area contributed by atoms with E-state index in [2.05, 4.69) is 41.1 Å². The molecule has 3 aliphatic rings. The number of amides is 1. The van der Waals surface area contributed by atoms with Crippen LogP contribution in [0.4, 0.5) is 11.4 Å². The molecule has 6 heteroatoms. The summed E-state index contributed by atoms with van der Waals surface area (Å²) in [6.07, 6.45) is 3.94. The lowest BCUT2D eigenvalue weighted by atomic mass is 10.1. The molecule has 0 bridgehead atoms. The lowest BCUT2D eigenvalue weighted by molar-refractivity contribution is 0.102. The third-order valence-corrected chi connectivity index (χ3v) is 6.93. The monoisotopic (exact) mass is 421 g/mol. The van der Waals surface area contributed by atoms with Crippen LogP contribution in [0.2, 0.25) is 0 Å². The minimum Gasteiger partial charge on any atom is -0.454 e. The van der Waals surface area contributed by atoms with Crippen molar-refractivity contribution in [3.8, 4) is 11.5 Å². The number of aryl methyl sites for hydroxylation is 1. The zero-order valence-corrected chi connectivity index (χ0v) is 18.4. The van der Waals surface area contributed by atoms with Crippen molar-refractivity contribution >= 4 is 17.3 Å². The molecule has 0 aromatic heterocycles. The lowest BCUT2D eigenvalue weighted by Crippen LogP contribution is -2.33. The van der Waals surface area contributed by atoms with Gasteiger partial charge in [0, 0.05) is 42.6 Å². The van der Waals surface area contributed by atoms with Gasteiger partial charge in [-0.2, -0.15) is 0 Å². The summed E-state index contributed by atoms with van der Waals surface area (Å²) in [5, 5.41) is 3.04. The van der Waals surface area contributed by atoms with Crippen molar-refractivity contribution in [1.29, 1.82) is 0 Å². The first-order valence-corrected chi connectivity index (χ1v) is 11.4. The predicted molar refractivity (Wildman–Crippen MR) is 122 cm³/mol. The number of nitrogens with one attached hydrogen (secondary N) is 1. The average molecular weight is 422 g/mol. The fraction of sp³-hybridized carbons (Fsp3) is 0.480. The number of fused-ring (bicyclic) bond motifs is 1. The summed E-state index contributed by atoms with van der Waals surface area (Å²) >= 11 is 0. The maximum Gasteiger partial charge on any atom is 0.255 e. The largest absolute Gasteiger partial charge is 0.454 e. The van der Waals surface area contributed by atoms with Crippen LogP contribution < -0.4 is 19.7 Å². The number of likely N-dealkylation sites (tertiary alicyclic amines) is 1. The van der Waals surface area contributed by atoms with Gasteiger partial charge in [0.2, 0.25) is 6.79 Å². The van der Waals surface area contributed by atoms with Gasteiger partial charge in [-0.05, 0) is 87.5 Å². The van der Waals surface area contributed by atoms with E-state index in [0.717, 1.165) is 36.3 Å². The third kappa shape index (κ3) is 4.22. The van der Waals surface area contributed by atoms with E-state index in [1.165, 1.54) is 38.0 Å². The van der Waals surface area contributed by atoms with Gasteiger partial charge in [-0.1, -0.05) is 0 Å². The number of nitrogens with zero attached hydrogens (tertiary/aromatic N) is 2. The Morgan fingerprint density at radius 1 is 1.10 bits per heavy atom. The molecule has 2 saturated heterocycles. The molecule has 1 N–H and O–H groups in total. The van der Waals surface area contributed by atoms with Crippen LogP contribution in [-0.4, -0.2) is 49.8 Å². The SMILES string of the molecule is Cc1cc(N2CCC(CN3CCCC3C)C2)ccc1NC(=O)c1ccc2c(c1)OCO2. The third-order valence-electron chi connectivity index (χ3n) is 6.93. The number of rotatable bonds is 5. The summed E-state index contributed by atoms with van der Waals surface area (Å²) in [6.45, 7) is 9.32.